The van der Waals surface area contributed by atoms with Crippen molar-refractivity contribution in [1.82, 2.24) is 0 Å². The third-order valence-electron chi connectivity index (χ3n) is 4.07. The molecular weight excluding hydrogens is 300 g/mol. The molecule has 1 aliphatic heterocycles. The first-order chi connectivity index (χ1) is 9.34. The number of fused-ring (bicyclic) bond motifs is 1. The molecule has 0 aliphatic carbocycles. The van der Waals surface area contributed by atoms with Gasteiger partial charge in [-0.3, -0.25) is 0 Å². The Labute approximate surface area is 123 Å². The summed E-state index contributed by atoms with van der Waals surface area (Å²) in [6.45, 7) is 1.84. The molecule has 1 aliphatic rings. The first-order valence-corrected chi connectivity index (χ1v) is 7.94. The van der Waals surface area contributed by atoms with E-state index in [0.717, 1.165) is 25.6 Å². The molecule has 19 heavy (non-hydrogen) atoms. The summed E-state index contributed by atoms with van der Waals surface area (Å²) in [5.74, 6) is 0.743. The predicted molar refractivity (Wildman–Crippen MR) is 83.9 cm³/mol. The van der Waals surface area contributed by atoms with Crippen LogP contribution in [0.15, 0.2) is 42.5 Å². The van der Waals surface area contributed by atoms with Crippen LogP contribution in [0.3, 0.4) is 0 Å². The van der Waals surface area contributed by atoms with Crippen LogP contribution in [0.2, 0.25) is 0 Å². The van der Waals surface area contributed by atoms with E-state index in [1.54, 1.807) is 0 Å². The molecule has 1 fully saturated rings. The van der Waals surface area contributed by atoms with Gasteiger partial charge < -0.3 is 4.74 Å². The van der Waals surface area contributed by atoms with E-state index >= 15 is 0 Å². The fourth-order valence-corrected chi connectivity index (χ4v) is 3.80. The summed E-state index contributed by atoms with van der Waals surface area (Å²) in [7, 11) is 0. The molecule has 0 radical (unpaired) electrons. The van der Waals surface area contributed by atoms with Crippen molar-refractivity contribution in [3.8, 4) is 0 Å². The van der Waals surface area contributed by atoms with E-state index in [4.69, 9.17) is 4.74 Å². The number of hydrogen-bond acceptors (Lipinski definition) is 1. The van der Waals surface area contributed by atoms with Gasteiger partial charge in [-0.2, -0.15) is 0 Å². The number of alkyl halides is 1. The van der Waals surface area contributed by atoms with Gasteiger partial charge in [0.25, 0.3) is 0 Å². The molecule has 0 amide bonds. The minimum absolute atomic E-state index is 0.558. The standard InChI is InChI=1S/C17H19BrO/c18-17(14-8-10-19-11-9-14)12-15-6-3-5-13-4-1-2-7-16(13)15/h1-7,14,17H,8-12H2. The predicted octanol–water partition coefficient (Wildman–Crippen LogP) is 4.57. The Morgan fingerprint density at radius 3 is 2.63 bits per heavy atom. The van der Waals surface area contributed by atoms with Crippen LogP contribution in [0.5, 0.6) is 0 Å². The van der Waals surface area contributed by atoms with Crippen LogP contribution in [0.1, 0.15) is 18.4 Å². The average molecular weight is 319 g/mol. The third-order valence-corrected chi connectivity index (χ3v) is 5.14. The van der Waals surface area contributed by atoms with E-state index in [-0.39, 0.29) is 0 Å². The lowest BCUT2D eigenvalue weighted by Crippen LogP contribution is -2.25. The van der Waals surface area contributed by atoms with Crippen LogP contribution in [0, 0.1) is 5.92 Å². The van der Waals surface area contributed by atoms with Crippen molar-refractivity contribution in [1.29, 1.82) is 0 Å². The Morgan fingerprint density at radius 2 is 1.79 bits per heavy atom. The zero-order chi connectivity index (χ0) is 13.1. The zero-order valence-electron chi connectivity index (χ0n) is 11.0. The molecule has 1 atom stereocenters. The summed E-state index contributed by atoms with van der Waals surface area (Å²) in [6, 6.07) is 15.3. The maximum Gasteiger partial charge on any atom is 0.0469 e. The molecule has 1 nitrogen and oxygen atoms in total. The molecular formula is C17H19BrO. The van der Waals surface area contributed by atoms with Gasteiger partial charge in [0.2, 0.25) is 0 Å². The van der Waals surface area contributed by atoms with Gasteiger partial charge in [-0.05, 0) is 41.5 Å². The largest absolute Gasteiger partial charge is 0.381 e. The highest BCUT2D eigenvalue weighted by molar-refractivity contribution is 9.09. The molecule has 2 aromatic rings. The van der Waals surface area contributed by atoms with E-state index in [1.165, 1.54) is 29.2 Å². The molecule has 0 aromatic heterocycles. The topological polar surface area (TPSA) is 9.23 Å². The van der Waals surface area contributed by atoms with Crippen molar-refractivity contribution >= 4 is 26.7 Å². The van der Waals surface area contributed by atoms with E-state index in [2.05, 4.69) is 58.4 Å². The maximum atomic E-state index is 5.45. The van der Waals surface area contributed by atoms with Crippen LogP contribution in [-0.2, 0) is 11.2 Å². The van der Waals surface area contributed by atoms with E-state index in [0.29, 0.717) is 4.83 Å². The summed E-state index contributed by atoms with van der Waals surface area (Å²) in [5, 5.41) is 2.73. The number of hydrogen-bond donors (Lipinski definition) is 0. The van der Waals surface area contributed by atoms with Gasteiger partial charge in [0.05, 0.1) is 0 Å². The quantitative estimate of drug-likeness (QED) is 0.753. The van der Waals surface area contributed by atoms with Crippen molar-refractivity contribution in [2.24, 2.45) is 5.92 Å². The molecule has 0 bridgehead atoms. The third kappa shape index (κ3) is 3.01. The zero-order valence-corrected chi connectivity index (χ0v) is 12.6. The summed E-state index contributed by atoms with van der Waals surface area (Å²) in [4.78, 5) is 0.558. The smallest absolute Gasteiger partial charge is 0.0469 e. The molecule has 1 heterocycles. The van der Waals surface area contributed by atoms with Gasteiger partial charge in [0.15, 0.2) is 0 Å². The van der Waals surface area contributed by atoms with E-state index < -0.39 is 0 Å². The fourth-order valence-electron chi connectivity index (χ4n) is 2.92. The SMILES string of the molecule is BrC(Cc1cccc2ccccc12)C1CCOCC1. The first-order valence-electron chi connectivity index (χ1n) is 7.03. The Kier molecular flexibility index (Phi) is 4.19. The Balaban J connectivity index is 1.80. The highest BCUT2D eigenvalue weighted by atomic mass is 79.9. The van der Waals surface area contributed by atoms with Crippen molar-refractivity contribution in [2.75, 3.05) is 13.2 Å². The molecule has 100 valence electrons. The number of benzene rings is 2. The average Bonchev–Trinajstić information content (AvgIpc) is 2.48. The van der Waals surface area contributed by atoms with Crippen LogP contribution >= 0.6 is 15.9 Å². The van der Waals surface area contributed by atoms with Crippen molar-refractivity contribution in [3.63, 3.8) is 0 Å². The highest BCUT2D eigenvalue weighted by Crippen LogP contribution is 2.29. The van der Waals surface area contributed by atoms with E-state index in [1.807, 2.05) is 0 Å². The monoisotopic (exact) mass is 318 g/mol. The lowest BCUT2D eigenvalue weighted by molar-refractivity contribution is 0.0662. The van der Waals surface area contributed by atoms with Gasteiger partial charge >= 0.3 is 0 Å². The minimum Gasteiger partial charge on any atom is -0.381 e. The van der Waals surface area contributed by atoms with E-state index in [9.17, 15) is 0 Å². The molecule has 1 saturated heterocycles. The van der Waals surface area contributed by atoms with Crippen molar-refractivity contribution in [2.45, 2.75) is 24.1 Å². The van der Waals surface area contributed by atoms with Crippen LogP contribution < -0.4 is 0 Å². The normalized spacial score (nSPS) is 18.6. The highest BCUT2D eigenvalue weighted by Gasteiger charge is 2.22. The molecule has 2 aromatic carbocycles. The van der Waals surface area contributed by atoms with Crippen molar-refractivity contribution in [3.05, 3.63) is 48.0 Å². The Bertz CT molecular complexity index is 540. The number of rotatable bonds is 3. The molecule has 2 heteroatoms. The van der Waals surface area contributed by atoms with Gasteiger partial charge in [-0.15, -0.1) is 0 Å². The molecule has 0 N–H and O–H groups in total. The second-order valence-electron chi connectivity index (χ2n) is 5.31. The van der Waals surface area contributed by atoms with Gasteiger partial charge in [-0.25, -0.2) is 0 Å². The molecule has 0 spiro atoms. The first kappa shape index (κ1) is 13.1. The van der Waals surface area contributed by atoms with Crippen LogP contribution in [-0.4, -0.2) is 18.0 Å². The maximum absolute atomic E-state index is 5.45. The minimum atomic E-state index is 0.558. The molecule has 1 unspecified atom stereocenters. The second kappa shape index (κ2) is 6.06. The lowest BCUT2D eigenvalue weighted by atomic mass is 9.91. The second-order valence-corrected chi connectivity index (χ2v) is 6.48. The molecule has 0 saturated carbocycles. The number of ether oxygens (including phenoxy) is 1. The van der Waals surface area contributed by atoms with Gasteiger partial charge in [0.1, 0.15) is 0 Å². The van der Waals surface area contributed by atoms with Crippen LogP contribution in [0.4, 0.5) is 0 Å². The summed E-state index contributed by atoms with van der Waals surface area (Å²) in [5.41, 5.74) is 1.45. The summed E-state index contributed by atoms with van der Waals surface area (Å²) in [6.07, 6.45) is 3.47. The van der Waals surface area contributed by atoms with Crippen molar-refractivity contribution < 1.29 is 4.74 Å². The molecule has 3 rings (SSSR count). The number of halogens is 1. The summed E-state index contributed by atoms with van der Waals surface area (Å²) >= 11 is 3.91. The fraction of sp³-hybridized carbons (Fsp3) is 0.412. The van der Waals surface area contributed by atoms with Crippen LogP contribution in [0.25, 0.3) is 10.8 Å². The van der Waals surface area contributed by atoms with Gasteiger partial charge in [-0.1, -0.05) is 58.4 Å². The van der Waals surface area contributed by atoms with Gasteiger partial charge in [0, 0.05) is 18.0 Å². The Hall–Kier alpha value is -0.860. The Morgan fingerprint density at radius 1 is 1.05 bits per heavy atom. The lowest BCUT2D eigenvalue weighted by Gasteiger charge is -2.26. The summed E-state index contributed by atoms with van der Waals surface area (Å²) < 4.78 is 5.45.